The van der Waals surface area contributed by atoms with E-state index in [-0.39, 0.29) is 24.4 Å². The summed E-state index contributed by atoms with van der Waals surface area (Å²) in [5, 5.41) is 6.24. The summed E-state index contributed by atoms with van der Waals surface area (Å²) in [5.41, 5.74) is 1.80. The first kappa shape index (κ1) is 21.4. The maximum absolute atomic E-state index is 13.2. The lowest BCUT2D eigenvalue weighted by molar-refractivity contribution is -0.133. The number of nitrogens with zero attached hydrogens (tertiary/aromatic N) is 4. The van der Waals surface area contributed by atoms with Gasteiger partial charge in [0.2, 0.25) is 5.91 Å². The van der Waals surface area contributed by atoms with Gasteiger partial charge in [-0.05, 0) is 38.3 Å². The van der Waals surface area contributed by atoms with Crippen molar-refractivity contribution < 1.29 is 14.4 Å². The number of aromatic nitrogens is 2. The zero-order chi connectivity index (χ0) is 22.2. The van der Waals surface area contributed by atoms with Crippen LogP contribution in [0.5, 0.6) is 0 Å². The summed E-state index contributed by atoms with van der Waals surface area (Å²) in [4.78, 5) is 50.2. The van der Waals surface area contributed by atoms with Crippen LogP contribution in [0, 0.1) is 13.8 Å². The third kappa shape index (κ3) is 4.45. The molecule has 0 radical (unpaired) electrons. The smallest absolute Gasteiger partial charge is 0.323 e. The molecule has 2 aliphatic heterocycles. The van der Waals surface area contributed by atoms with Crippen molar-refractivity contribution in [1.29, 1.82) is 0 Å². The zero-order valence-corrected chi connectivity index (χ0v) is 18.7. The Labute approximate surface area is 184 Å². The number of urea groups is 1. The minimum Gasteiger partial charge on any atom is -0.323 e. The Balaban J connectivity index is 1.37. The summed E-state index contributed by atoms with van der Waals surface area (Å²) in [6.07, 6.45) is 2.90. The van der Waals surface area contributed by atoms with Crippen molar-refractivity contribution in [1.82, 2.24) is 25.1 Å². The number of anilines is 1. The number of carbonyl (C=O) groups excluding carboxylic acids is 3. The number of rotatable bonds is 5. The van der Waals surface area contributed by atoms with E-state index >= 15 is 0 Å². The summed E-state index contributed by atoms with van der Waals surface area (Å²) in [7, 11) is 0. The number of aryl methyl sites for hydroxylation is 2. The number of hydrogen-bond acceptors (Lipinski definition) is 7. The van der Waals surface area contributed by atoms with E-state index < -0.39 is 5.54 Å². The fourth-order valence-corrected chi connectivity index (χ4v) is 5.01. The molecule has 2 saturated heterocycles. The fraction of sp³-hybridized carbons (Fsp3) is 0.476. The van der Waals surface area contributed by atoms with Gasteiger partial charge in [0.05, 0.1) is 6.54 Å². The van der Waals surface area contributed by atoms with Gasteiger partial charge in [0.25, 0.3) is 5.91 Å². The van der Waals surface area contributed by atoms with Crippen LogP contribution in [0.1, 0.15) is 41.6 Å². The highest BCUT2D eigenvalue weighted by atomic mass is 32.1. The SMILES string of the molecule is CC(=O)Nc1ncc(CN2CCC3(CC2)NC(=O)N(Cc2ccc(C)nc2C)C3=O)s1. The third-order valence-corrected chi connectivity index (χ3v) is 6.73. The molecular formula is C21H26N6O3S. The standard InChI is InChI=1S/C21H26N6O3S/c1-13-4-5-16(14(2)23-13)11-27-18(29)21(25-20(27)30)6-8-26(9-7-21)12-17-10-22-19(31-17)24-15(3)28/h4-5,10H,6-9,11-12H2,1-3H3,(H,25,30)(H,22,24,28). The minimum absolute atomic E-state index is 0.141. The lowest BCUT2D eigenvalue weighted by Crippen LogP contribution is -2.54. The molecule has 0 atom stereocenters. The van der Waals surface area contributed by atoms with Gasteiger partial charge < -0.3 is 10.6 Å². The molecule has 4 rings (SSSR count). The average Bonchev–Trinajstić information content (AvgIpc) is 3.22. The highest BCUT2D eigenvalue weighted by Crippen LogP contribution is 2.32. The maximum atomic E-state index is 13.2. The van der Waals surface area contributed by atoms with Crippen molar-refractivity contribution in [2.24, 2.45) is 0 Å². The summed E-state index contributed by atoms with van der Waals surface area (Å²) in [6, 6.07) is 3.49. The average molecular weight is 443 g/mol. The number of amides is 4. The Kier molecular flexibility index (Phi) is 5.76. The maximum Gasteiger partial charge on any atom is 0.325 e. The minimum atomic E-state index is -0.825. The summed E-state index contributed by atoms with van der Waals surface area (Å²) in [5.74, 6) is -0.291. The molecule has 0 aromatic carbocycles. The Hall–Kier alpha value is -2.85. The number of piperidine rings is 1. The lowest BCUT2D eigenvalue weighted by atomic mass is 9.87. The molecule has 0 bridgehead atoms. The van der Waals surface area contributed by atoms with Gasteiger partial charge in [-0.1, -0.05) is 6.07 Å². The molecule has 2 fully saturated rings. The van der Waals surface area contributed by atoms with E-state index in [1.165, 1.54) is 23.2 Å². The van der Waals surface area contributed by atoms with Crippen LogP contribution in [0.2, 0.25) is 0 Å². The highest BCUT2D eigenvalue weighted by Gasteiger charge is 2.52. The van der Waals surface area contributed by atoms with E-state index in [9.17, 15) is 14.4 Å². The van der Waals surface area contributed by atoms with E-state index in [1.54, 1.807) is 6.20 Å². The molecule has 4 amide bonds. The van der Waals surface area contributed by atoms with Gasteiger partial charge in [-0.2, -0.15) is 0 Å². The van der Waals surface area contributed by atoms with Crippen molar-refractivity contribution in [3.8, 4) is 0 Å². The second-order valence-electron chi connectivity index (χ2n) is 8.19. The molecule has 1 spiro atoms. The van der Waals surface area contributed by atoms with Crippen LogP contribution in [0.15, 0.2) is 18.3 Å². The topological polar surface area (TPSA) is 108 Å². The molecule has 0 saturated carbocycles. The Bertz CT molecular complexity index is 1030. The molecule has 164 valence electrons. The van der Waals surface area contributed by atoms with Crippen LogP contribution >= 0.6 is 11.3 Å². The third-order valence-electron chi connectivity index (χ3n) is 5.83. The summed E-state index contributed by atoms with van der Waals surface area (Å²) >= 11 is 1.45. The largest absolute Gasteiger partial charge is 0.325 e. The second-order valence-corrected chi connectivity index (χ2v) is 9.30. The number of imide groups is 1. The van der Waals surface area contributed by atoms with Gasteiger partial charge in [-0.15, -0.1) is 11.3 Å². The second kappa shape index (κ2) is 8.35. The van der Waals surface area contributed by atoms with Crippen LogP contribution in [0.4, 0.5) is 9.93 Å². The Morgan fingerprint density at radius 1 is 1.23 bits per heavy atom. The molecule has 0 unspecified atom stereocenters. The van der Waals surface area contributed by atoms with E-state index in [0.29, 0.717) is 37.6 Å². The molecule has 0 aliphatic carbocycles. The van der Waals surface area contributed by atoms with Crippen molar-refractivity contribution in [3.63, 3.8) is 0 Å². The molecule has 31 heavy (non-hydrogen) atoms. The van der Waals surface area contributed by atoms with Crippen LogP contribution in [-0.2, 0) is 22.7 Å². The van der Waals surface area contributed by atoms with Crippen molar-refractivity contribution in [2.45, 2.75) is 52.2 Å². The highest BCUT2D eigenvalue weighted by molar-refractivity contribution is 7.15. The molecule has 4 heterocycles. The number of pyridine rings is 1. The van der Waals surface area contributed by atoms with Gasteiger partial charge in [-0.3, -0.25) is 24.4 Å². The van der Waals surface area contributed by atoms with Crippen molar-refractivity contribution in [3.05, 3.63) is 40.2 Å². The summed E-state index contributed by atoms with van der Waals surface area (Å²) < 4.78 is 0. The van der Waals surface area contributed by atoms with Gasteiger partial charge >= 0.3 is 6.03 Å². The summed E-state index contributed by atoms with van der Waals surface area (Å²) in [6.45, 7) is 7.59. The van der Waals surface area contributed by atoms with E-state index in [2.05, 4.69) is 25.5 Å². The monoisotopic (exact) mass is 442 g/mol. The zero-order valence-electron chi connectivity index (χ0n) is 17.9. The molecule has 2 aliphatic rings. The number of hydrogen-bond donors (Lipinski definition) is 2. The Morgan fingerprint density at radius 2 is 1.97 bits per heavy atom. The van der Waals surface area contributed by atoms with E-state index in [4.69, 9.17) is 0 Å². The molecule has 10 heteroatoms. The quantitative estimate of drug-likeness (QED) is 0.688. The molecular weight excluding hydrogens is 416 g/mol. The van der Waals surface area contributed by atoms with Gasteiger partial charge in [-0.25, -0.2) is 9.78 Å². The van der Waals surface area contributed by atoms with Gasteiger partial charge in [0.1, 0.15) is 5.54 Å². The number of thiazole rings is 1. The molecule has 2 N–H and O–H groups in total. The predicted molar refractivity (Wildman–Crippen MR) is 116 cm³/mol. The van der Waals surface area contributed by atoms with Crippen LogP contribution in [-0.4, -0.2) is 56.2 Å². The van der Waals surface area contributed by atoms with Crippen LogP contribution < -0.4 is 10.6 Å². The van der Waals surface area contributed by atoms with Crippen molar-refractivity contribution >= 4 is 34.3 Å². The lowest BCUT2D eigenvalue weighted by Gasteiger charge is -2.37. The van der Waals surface area contributed by atoms with Gasteiger partial charge in [0.15, 0.2) is 5.13 Å². The number of nitrogens with one attached hydrogen (secondary N) is 2. The first-order valence-electron chi connectivity index (χ1n) is 10.3. The van der Waals surface area contributed by atoms with E-state index in [0.717, 1.165) is 21.8 Å². The fourth-order valence-electron chi connectivity index (χ4n) is 4.11. The van der Waals surface area contributed by atoms with Gasteiger partial charge in [0, 0.05) is 49.0 Å². The predicted octanol–water partition coefficient (Wildman–Crippen LogP) is 2.20. The number of carbonyl (C=O) groups is 3. The first-order valence-corrected chi connectivity index (χ1v) is 11.1. The Morgan fingerprint density at radius 3 is 2.65 bits per heavy atom. The van der Waals surface area contributed by atoms with Crippen LogP contribution in [0.3, 0.4) is 0 Å². The normalized spacial score (nSPS) is 18.5. The van der Waals surface area contributed by atoms with Crippen LogP contribution in [0.25, 0.3) is 0 Å². The first-order chi connectivity index (χ1) is 14.8. The molecule has 9 nitrogen and oxygen atoms in total. The molecule has 2 aromatic rings. The number of likely N-dealkylation sites (tertiary alicyclic amines) is 1. The van der Waals surface area contributed by atoms with Crippen molar-refractivity contribution in [2.75, 3.05) is 18.4 Å². The molecule has 2 aromatic heterocycles. The van der Waals surface area contributed by atoms with E-state index in [1.807, 2.05) is 26.0 Å².